The summed E-state index contributed by atoms with van der Waals surface area (Å²) in [5, 5.41) is 14.2. The average Bonchev–Trinajstić information content (AvgIpc) is 2.30. The highest BCUT2D eigenvalue weighted by Gasteiger charge is 2.07. The second kappa shape index (κ2) is 5.80. The van der Waals surface area contributed by atoms with E-state index in [4.69, 9.17) is 11.6 Å². The Kier molecular flexibility index (Phi) is 4.41. The Hall–Kier alpha value is -2.15. The molecular formula is C9H8ClN3O4. The fraction of sp³-hybridized carbons (Fsp3) is 0.111. The van der Waals surface area contributed by atoms with Crippen LogP contribution in [0.2, 0.25) is 5.02 Å². The SMILES string of the molecule is COC(=O)N/N=C/c1ccc([N+](=O)[O-])cc1Cl. The molecule has 0 atom stereocenters. The van der Waals surface area contributed by atoms with Crippen LogP contribution in [0.4, 0.5) is 10.5 Å². The zero-order valence-electron chi connectivity index (χ0n) is 8.71. The summed E-state index contributed by atoms with van der Waals surface area (Å²) >= 11 is 5.78. The molecule has 1 rings (SSSR count). The lowest BCUT2D eigenvalue weighted by Crippen LogP contribution is -2.16. The lowest BCUT2D eigenvalue weighted by molar-refractivity contribution is -0.384. The van der Waals surface area contributed by atoms with E-state index < -0.39 is 11.0 Å². The maximum Gasteiger partial charge on any atom is 0.427 e. The monoisotopic (exact) mass is 257 g/mol. The van der Waals surface area contributed by atoms with E-state index in [1.807, 2.05) is 0 Å². The normalized spacial score (nSPS) is 10.2. The lowest BCUT2D eigenvalue weighted by atomic mass is 10.2. The van der Waals surface area contributed by atoms with Crippen LogP contribution in [-0.4, -0.2) is 24.3 Å². The van der Waals surface area contributed by atoms with Crippen molar-refractivity contribution in [2.24, 2.45) is 5.10 Å². The van der Waals surface area contributed by atoms with Crippen molar-refractivity contribution in [3.8, 4) is 0 Å². The van der Waals surface area contributed by atoms with E-state index in [-0.39, 0.29) is 10.7 Å². The molecular weight excluding hydrogens is 250 g/mol. The zero-order chi connectivity index (χ0) is 12.8. The van der Waals surface area contributed by atoms with Crippen molar-refractivity contribution < 1.29 is 14.5 Å². The number of nitro benzene ring substituents is 1. The summed E-state index contributed by atoms with van der Waals surface area (Å²) in [6, 6.07) is 3.90. The Balaban J connectivity index is 2.79. The van der Waals surface area contributed by atoms with Gasteiger partial charge in [-0.2, -0.15) is 5.10 Å². The predicted octanol–water partition coefficient (Wildman–Crippen LogP) is 1.94. The molecule has 0 saturated carbocycles. The molecule has 0 saturated heterocycles. The van der Waals surface area contributed by atoms with Crippen LogP contribution in [0, 0.1) is 10.1 Å². The number of hydrogen-bond acceptors (Lipinski definition) is 5. The molecule has 0 aliphatic rings. The molecule has 0 aromatic heterocycles. The molecule has 0 heterocycles. The third-order valence-electron chi connectivity index (χ3n) is 1.74. The second-order valence-corrected chi connectivity index (χ2v) is 3.23. The summed E-state index contributed by atoms with van der Waals surface area (Å²) in [7, 11) is 1.20. The molecule has 0 spiro atoms. The van der Waals surface area contributed by atoms with E-state index in [1.165, 1.54) is 31.5 Å². The van der Waals surface area contributed by atoms with E-state index in [2.05, 4.69) is 15.3 Å². The van der Waals surface area contributed by atoms with Gasteiger partial charge < -0.3 is 4.74 Å². The van der Waals surface area contributed by atoms with Gasteiger partial charge in [-0.05, 0) is 6.07 Å². The fourth-order valence-electron chi connectivity index (χ4n) is 0.934. The van der Waals surface area contributed by atoms with Crippen molar-refractivity contribution in [3.63, 3.8) is 0 Å². The first-order valence-corrected chi connectivity index (χ1v) is 4.73. The third-order valence-corrected chi connectivity index (χ3v) is 2.07. The van der Waals surface area contributed by atoms with Crippen molar-refractivity contribution in [1.29, 1.82) is 0 Å². The van der Waals surface area contributed by atoms with Crippen LogP contribution in [0.5, 0.6) is 0 Å². The Morgan fingerprint density at radius 1 is 1.65 bits per heavy atom. The molecule has 7 nitrogen and oxygen atoms in total. The number of methoxy groups -OCH3 is 1. The number of hydrazone groups is 1. The number of rotatable bonds is 3. The van der Waals surface area contributed by atoms with Gasteiger partial charge >= 0.3 is 6.09 Å². The van der Waals surface area contributed by atoms with Crippen molar-refractivity contribution >= 4 is 29.6 Å². The molecule has 0 radical (unpaired) electrons. The molecule has 0 unspecified atom stereocenters. The average molecular weight is 258 g/mol. The van der Waals surface area contributed by atoms with E-state index >= 15 is 0 Å². The Morgan fingerprint density at radius 3 is 2.88 bits per heavy atom. The molecule has 8 heteroatoms. The van der Waals surface area contributed by atoms with E-state index in [0.717, 1.165) is 0 Å². The molecule has 90 valence electrons. The molecule has 0 aliphatic carbocycles. The number of carbonyl (C=O) groups is 1. The smallest absolute Gasteiger partial charge is 0.427 e. The first-order valence-electron chi connectivity index (χ1n) is 4.35. The van der Waals surface area contributed by atoms with E-state index in [9.17, 15) is 14.9 Å². The number of nitrogens with one attached hydrogen (secondary N) is 1. The number of non-ortho nitro benzene ring substituents is 1. The van der Waals surface area contributed by atoms with Gasteiger partial charge in [0.1, 0.15) is 0 Å². The number of ether oxygens (including phenoxy) is 1. The molecule has 1 N–H and O–H groups in total. The number of carbonyl (C=O) groups excluding carboxylic acids is 1. The van der Waals surface area contributed by atoms with Gasteiger partial charge in [0.15, 0.2) is 0 Å². The maximum atomic E-state index is 10.7. The molecule has 0 bridgehead atoms. The van der Waals surface area contributed by atoms with Crippen LogP contribution >= 0.6 is 11.6 Å². The van der Waals surface area contributed by atoms with Gasteiger partial charge in [0.2, 0.25) is 0 Å². The summed E-state index contributed by atoms with van der Waals surface area (Å²) in [6.45, 7) is 0. The first kappa shape index (κ1) is 12.9. The van der Waals surface area contributed by atoms with Gasteiger partial charge in [-0.25, -0.2) is 10.2 Å². The maximum absolute atomic E-state index is 10.7. The van der Waals surface area contributed by atoms with Gasteiger partial charge in [0.25, 0.3) is 5.69 Å². The number of amides is 1. The van der Waals surface area contributed by atoms with E-state index in [0.29, 0.717) is 5.56 Å². The quantitative estimate of drug-likeness (QED) is 0.509. The number of nitro groups is 1. The van der Waals surface area contributed by atoms with E-state index in [1.54, 1.807) is 0 Å². The number of hydrogen-bond donors (Lipinski definition) is 1. The Bertz CT molecular complexity index is 475. The molecule has 17 heavy (non-hydrogen) atoms. The largest absolute Gasteiger partial charge is 0.452 e. The minimum atomic E-state index is -0.723. The Morgan fingerprint density at radius 2 is 2.35 bits per heavy atom. The van der Waals surface area contributed by atoms with Crippen LogP contribution in [0.15, 0.2) is 23.3 Å². The van der Waals surface area contributed by atoms with Gasteiger partial charge in [0.05, 0.1) is 23.3 Å². The molecule has 1 aromatic rings. The third kappa shape index (κ3) is 3.72. The van der Waals surface area contributed by atoms with Crippen LogP contribution in [0.1, 0.15) is 5.56 Å². The van der Waals surface area contributed by atoms with Crippen LogP contribution in [0.3, 0.4) is 0 Å². The number of halogens is 1. The number of benzene rings is 1. The minimum absolute atomic E-state index is 0.118. The standard InChI is InChI=1S/C9H8ClN3O4/c1-17-9(14)12-11-5-6-2-3-7(13(15)16)4-8(6)10/h2-5H,1H3,(H,12,14)/b11-5+. The first-order chi connectivity index (χ1) is 8.04. The van der Waals surface area contributed by atoms with Gasteiger partial charge in [-0.15, -0.1) is 0 Å². The summed E-state index contributed by atoms with van der Waals surface area (Å²) < 4.78 is 4.28. The Labute approximate surface area is 101 Å². The summed E-state index contributed by atoms with van der Waals surface area (Å²) in [5.74, 6) is 0. The van der Waals surface area contributed by atoms with Crippen LogP contribution in [0.25, 0.3) is 0 Å². The van der Waals surface area contributed by atoms with Crippen LogP contribution in [-0.2, 0) is 4.74 Å². The fourth-order valence-corrected chi connectivity index (χ4v) is 1.16. The van der Waals surface area contributed by atoms with Crippen molar-refractivity contribution in [2.75, 3.05) is 7.11 Å². The lowest BCUT2D eigenvalue weighted by Gasteiger charge is -1.98. The second-order valence-electron chi connectivity index (χ2n) is 2.82. The molecule has 1 aromatic carbocycles. The van der Waals surface area contributed by atoms with Crippen molar-refractivity contribution in [3.05, 3.63) is 38.9 Å². The number of nitrogens with zero attached hydrogens (tertiary/aromatic N) is 2. The van der Waals surface area contributed by atoms with Crippen LogP contribution < -0.4 is 5.43 Å². The topological polar surface area (TPSA) is 93.8 Å². The van der Waals surface area contributed by atoms with Gasteiger partial charge in [-0.1, -0.05) is 11.6 Å². The van der Waals surface area contributed by atoms with Crippen molar-refractivity contribution in [2.45, 2.75) is 0 Å². The predicted molar refractivity (Wildman–Crippen MR) is 61.2 cm³/mol. The van der Waals surface area contributed by atoms with Crippen molar-refractivity contribution in [1.82, 2.24) is 5.43 Å². The summed E-state index contributed by atoms with van der Waals surface area (Å²) in [5.41, 5.74) is 2.38. The molecule has 0 aliphatic heterocycles. The van der Waals surface area contributed by atoms with Gasteiger partial charge in [-0.3, -0.25) is 10.1 Å². The summed E-state index contributed by atoms with van der Waals surface area (Å²) in [4.78, 5) is 20.6. The zero-order valence-corrected chi connectivity index (χ0v) is 9.47. The molecule has 1 amide bonds. The molecule has 0 fully saturated rings. The highest BCUT2D eigenvalue weighted by atomic mass is 35.5. The highest BCUT2D eigenvalue weighted by Crippen LogP contribution is 2.20. The minimum Gasteiger partial charge on any atom is -0.452 e. The van der Waals surface area contributed by atoms with Gasteiger partial charge in [0, 0.05) is 17.7 Å². The highest BCUT2D eigenvalue weighted by molar-refractivity contribution is 6.33. The summed E-state index contributed by atoms with van der Waals surface area (Å²) in [6.07, 6.45) is 0.530.